The largest absolute Gasteiger partial charge is 0.508 e. The van der Waals surface area contributed by atoms with Crippen molar-refractivity contribution in [3.05, 3.63) is 77.6 Å². The molecule has 29 heavy (non-hydrogen) atoms. The van der Waals surface area contributed by atoms with Crippen LogP contribution in [0.1, 0.15) is 16.1 Å². The molecule has 0 bridgehead atoms. The number of rotatable bonds is 4. The van der Waals surface area contributed by atoms with E-state index in [2.05, 4.69) is 5.43 Å². The van der Waals surface area contributed by atoms with Crippen LogP contribution in [0.3, 0.4) is 0 Å². The van der Waals surface area contributed by atoms with Crippen LogP contribution in [0.15, 0.2) is 70.7 Å². The highest BCUT2D eigenvalue weighted by Gasteiger charge is 2.34. The minimum atomic E-state index is -1.05. The van der Waals surface area contributed by atoms with Crippen LogP contribution in [0.2, 0.25) is 0 Å². The number of carbonyl (C=O) groups excluding carboxylic acids is 2. The number of anilines is 1. The molecule has 0 unspecified atom stereocenters. The Morgan fingerprint density at radius 3 is 2.59 bits per heavy atom. The third-order valence-corrected chi connectivity index (χ3v) is 4.29. The summed E-state index contributed by atoms with van der Waals surface area (Å²) < 4.78 is 5.66. The summed E-state index contributed by atoms with van der Waals surface area (Å²) in [7, 11) is 0. The molecule has 144 valence electrons. The lowest BCUT2D eigenvalue weighted by Crippen LogP contribution is -2.35. The summed E-state index contributed by atoms with van der Waals surface area (Å²) in [4.78, 5) is 36.0. The van der Waals surface area contributed by atoms with Gasteiger partial charge in [-0.3, -0.25) is 15.0 Å². The second kappa shape index (κ2) is 7.01. The number of benzene rings is 2. The first-order valence-corrected chi connectivity index (χ1v) is 8.52. The van der Waals surface area contributed by atoms with Crippen LogP contribution in [0.5, 0.6) is 5.75 Å². The third kappa shape index (κ3) is 3.46. The molecule has 1 aliphatic rings. The van der Waals surface area contributed by atoms with Gasteiger partial charge in [-0.15, -0.1) is 0 Å². The molecular formula is C21H14N2O6. The predicted molar refractivity (Wildman–Crippen MR) is 103 cm³/mol. The van der Waals surface area contributed by atoms with E-state index in [9.17, 15) is 19.5 Å². The summed E-state index contributed by atoms with van der Waals surface area (Å²) in [5.41, 5.74) is 3.29. The molecule has 1 fully saturated rings. The highest BCUT2D eigenvalue weighted by Crippen LogP contribution is 2.27. The third-order valence-electron chi connectivity index (χ3n) is 4.29. The van der Waals surface area contributed by atoms with E-state index >= 15 is 0 Å². The molecule has 1 aliphatic heterocycles. The van der Waals surface area contributed by atoms with Gasteiger partial charge >= 0.3 is 5.97 Å². The maximum atomic E-state index is 12.6. The van der Waals surface area contributed by atoms with Gasteiger partial charge in [0.05, 0.1) is 11.3 Å². The molecule has 0 spiro atoms. The van der Waals surface area contributed by atoms with Gasteiger partial charge in [-0.1, -0.05) is 18.2 Å². The Hall–Kier alpha value is -4.33. The van der Waals surface area contributed by atoms with Gasteiger partial charge in [0.1, 0.15) is 22.8 Å². The van der Waals surface area contributed by atoms with Crippen molar-refractivity contribution in [1.82, 2.24) is 5.43 Å². The number of carbonyl (C=O) groups is 3. The first-order valence-electron chi connectivity index (χ1n) is 8.52. The number of carboxylic acid groups (broad SMARTS) is 1. The van der Waals surface area contributed by atoms with Crippen LogP contribution in [-0.4, -0.2) is 28.0 Å². The highest BCUT2D eigenvalue weighted by molar-refractivity contribution is 6.31. The van der Waals surface area contributed by atoms with E-state index < -0.39 is 17.8 Å². The number of aromatic carboxylic acids is 1. The fraction of sp³-hybridized carbons (Fsp3) is 0. The average molecular weight is 390 g/mol. The van der Waals surface area contributed by atoms with E-state index in [0.29, 0.717) is 17.0 Å². The first-order chi connectivity index (χ1) is 13.9. The quantitative estimate of drug-likeness (QED) is 0.465. The van der Waals surface area contributed by atoms with Crippen LogP contribution in [0.25, 0.3) is 17.4 Å². The summed E-state index contributed by atoms with van der Waals surface area (Å²) >= 11 is 0. The number of phenolic OH excluding ortho intramolecular Hbond substituents is 1. The van der Waals surface area contributed by atoms with Crippen molar-refractivity contribution in [2.45, 2.75) is 0 Å². The van der Waals surface area contributed by atoms with Crippen LogP contribution in [0.4, 0.5) is 5.69 Å². The molecule has 1 saturated heterocycles. The lowest BCUT2D eigenvalue weighted by atomic mass is 10.1. The van der Waals surface area contributed by atoms with E-state index in [0.717, 1.165) is 5.01 Å². The van der Waals surface area contributed by atoms with Crippen LogP contribution in [0, 0.1) is 0 Å². The second-order valence-electron chi connectivity index (χ2n) is 6.25. The Morgan fingerprint density at radius 1 is 1.03 bits per heavy atom. The molecule has 0 aliphatic carbocycles. The molecule has 3 N–H and O–H groups in total. The number of carboxylic acids is 1. The molecule has 0 saturated carbocycles. The van der Waals surface area contributed by atoms with Crippen molar-refractivity contribution >= 4 is 29.5 Å². The van der Waals surface area contributed by atoms with Gasteiger partial charge in [0, 0.05) is 11.6 Å². The molecule has 8 heteroatoms. The number of aromatic hydroxyl groups is 1. The van der Waals surface area contributed by atoms with Gasteiger partial charge in [0.25, 0.3) is 11.8 Å². The molecule has 4 rings (SSSR count). The van der Waals surface area contributed by atoms with Gasteiger partial charge in [-0.25, -0.2) is 9.80 Å². The van der Waals surface area contributed by atoms with Gasteiger partial charge in [-0.2, -0.15) is 0 Å². The van der Waals surface area contributed by atoms with Gasteiger partial charge in [0.15, 0.2) is 0 Å². The number of nitrogens with one attached hydrogen (secondary N) is 1. The van der Waals surface area contributed by atoms with Crippen molar-refractivity contribution < 1.29 is 29.0 Å². The predicted octanol–water partition coefficient (Wildman–Crippen LogP) is 2.81. The standard InChI is InChI=1S/C21H14N2O6/c24-15-6-2-5-14(10-15)23-20(26)17(19(25)22-23)11-16-7-8-18(29-16)12-3-1-4-13(9-12)21(27)28/h1-11,24H,(H,22,25)(H,27,28)/b17-11-. The fourth-order valence-corrected chi connectivity index (χ4v) is 2.90. The van der Waals surface area contributed by atoms with Crippen LogP contribution in [-0.2, 0) is 9.59 Å². The molecule has 2 aromatic carbocycles. The number of hydrogen-bond acceptors (Lipinski definition) is 5. The minimum absolute atomic E-state index is 0.0405. The molecule has 3 aromatic rings. The molecular weight excluding hydrogens is 376 g/mol. The zero-order valence-corrected chi connectivity index (χ0v) is 14.8. The smallest absolute Gasteiger partial charge is 0.335 e. The summed E-state index contributed by atoms with van der Waals surface area (Å²) in [6.07, 6.45) is 1.31. The normalized spacial score (nSPS) is 15.0. The summed E-state index contributed by atoms with van der Waals surface area (Å²) in [6, 6.07) is 15.3. The number of hydrogen-bond donors (Lipinski definition) is 3. The number of hydrazine groups is 1. The topological polar surface area (TPSA) is 120 Å². The monoisotopic (exact) mass is 390 g/mol. The Morgan fingerprint density at radius 2 is 1.83 bits per heavy atom. The van der Waals surface area contributed by atoms with E-state index in [-0.39, 0.29) is 22.6 Å². The summed E-state index contributed by atoms with van der Waals surface area (Å²) in [5, 5.41) is 19.7. The van der Waals surface area contributed by atoms with E-state index in [1.807, 2.05) is 0 Å². The molecule has 0 atom stereocenters. The zero-order valence-electron chi connectivity index (χ0n) is 14.8. The Kier molecular flexibility index (Phi) is 4.36. The van der Waals surface area contributed by atoms with Gasteiger partial charge in [0.2, 0.25) is 0 Å². The number of phenols is 1. The first kappa shape index (κ1) is 18.1. The second-order valence-corrected chi connectivity index (χ2v) is 6.25. The number of amides is 2. The van der Waals surface area contributed by atoms with Crippen molar-refractivity contribution in [1.29, 1.82) is 0 Å². The van der Waals surface area contributed by atoms with Crippen molar-refractivity contribution in [2.24, 2.45) is 0 Å². The average Bonchev–Trinajstić information content (AvgIpc) is 3.28. The van der Waals surface area contributed by atoms with E-state index in [1.54, 1.807) is 36.4 Å². The summed E-state index contributed by atoms with van der Waals surface area (Å²) in [6.45, 7) is 0. The molecule has 2 heterocycles. The maximum absolute atomic E-state index is 12.6. The number of furan rings is 1. The van der Waals surface area contributed by atoms with Crippen LogP contribution >= 0.6 is 0 Å². The lowest BCUT2D eigenvalue weighted by Gasteiger charge is -2.14. The fourth-order valence-electron chi connectivity index (χ4n) is 2.90. The Bertz CT molecular complexity index is 1180. The molecule has 0 radical (unpaired) electrons. The van der Waals surface area contributed by atoms with Crippen molar-refractivity contribution in [3.8, 4) is 17.1 Å². The van der Waals surface area contributed by atoms with E-state index in [4.69, 9.17) is 9.52 Å². The van der Waals surface area contributed by atoms with Crippen molar-refractivity contribution in [3.63, 3.8) is 0 Å². The zero-order chi connectivity index (χ0) is 20.5. The van der Waals surface area contributed by atoms with E-state index in [1.165, 1.54) is 30.3 Å². The Labute approximate surface area is 164 Å². The SMILES string of the molecule is O=C1NN(c2cccc(O)c2)C(=O)/C1=C\c1ccc(-c2cccc(C(=O)O)c2)o1. The van der Waals surface area contributed by atoms with Crippen LogP contribution < -0.4 is 10.4 Å². The summed E-state index contributed by atoms with van der Waals surface area (Å²) in [5.74, 6) is -1.63. The van der Waals surface area contributed by atoms with Crippen molar-refractivity contribution in [2.75, 3.05) is 5.01 Å². The number of nitrogens with zero attached hydrogens (tertiary/aromatic N) is 1. The Balaban J connectivity index is 1.62. The highest BCUT2D eigenvalue weighted by atomic mass is 16.4. The maximum Gasteiger partial charge on any atom is 0.335 e. The molecule has 2 amide bonds. The minimum Gasteiger partial charge on any atom is -0.508 e. The molecule has 8 nitrogen and oxygen atoms in total. The van der Waals surface area contributed by atoms with Gasteiger partial charge < -0.3 is 14.6 Å². The van der Waals surface area contributed by atoms with Gasteiger partial charge in [-0.05, 0) is 42.5 Å². The molecule has 1 aromatic heterocycles. The lowest BCUT2D eigenvalue weighted by molar-refractivity contribution is -0.117.